The highest BCUT2D eigenvalue weighted by atomic mass is 35.5. The summed E-state index contributed by atoms with van der Waals surface area (Å²) in [7, 11) is 0. The maximum absolute atomic E-state index is 12.7. The van der Waals surface area contributed by atoms with Crippen LogP contribution in [0.4, 0.5) is 0 Å². The van der Waals surface area contributed by atoms with Crippen molar-refractivity contribution in [2.75, 3.05) is 0 Å². The standard InChI is InChI=1S/C20H18ClN3OS2/c1-11(13-5-7-14(21)8-6-13)22-12(2)18-23-19(25)17-15(10-27-20(17)24-18)16-4-3-9-26-16/h3-12,22H,1-2H3,(H,23,24,25)/t11-,12+/m0/s1. The number of fused-ring (bicyclic) bond motifs is 1. The van der Waals surface area contributed by atoms with E-state index in [9.17, 15) is 4.79 Å². The lowest BCUT2D eigenvalue weighted by atomic mass is 10.1. The summed E-state index contributed by atoms with van der Waals surface area (Å²) in [5.41, 5.74) is 2.00. The van der Waals surface area contributed by atoms with Crippen molar-refractivity contribution in [3.63, 3.8) is 0 Å². The average Bonchev–Trinajstić information content (AvgIpc) is 3.31. The first kappa shape index (κ1) is 18.4. The molecule has 0 spiro atoms. The van der Waals surface area contributed by atoms with E-state index in [0.717, 1.165) is 25.9 Å². The molecule has 0 bridgehead atoms. The van der Waals surface area contributed by atoms with Crippen LogP contribution in [0.5, 0.6) is 0 Å². The number of nitrogens with one attached hydrogen (secondary N) is 2. The van der Waals surface area contributed by atoms with Crippen molar-refractivity contribution in [1.82, 2.24) is 15.3 Å². The van der Waals surface area contributed by atoms with Crippen LogP contribution in [-0.2, 0) is 0 Å². The molecule has 2 N–H and O–H groups in total. The first-order valence-electron chi connectivity index (χ1n) is 8.59. The zero-order valence-corrected chi connectivity index (χ0v) is 17.2. The maximum Gasteiger partial charge on any atom is 0.260 e. The number of halogens is 1. The molecule has 0 radical (unpaired) electrons. The quantitative estimate of drug-likeness (QED) is 0.434. The van der Waals surface area contributed by atoms with Crippen LogP contribution < -0.4 is 10.9 Å². The molecule has 0 unspecified atom stereocenters. The summed E-state index contributed by atoms with van der Waals surface area (Å²) in [5, 5.41) is 8.90. The van der Waals surface area contributed by atoms with Gasteiger partial charge in [0.25, 0.3) is 5.56 Å². The van der Waals surface area contributed by atoms with E-state index >= 15 is 0 Å². The van der Waals surface area contributed by atoms with Crippen LogP contribution >= 0.6 is 34.3 Å². The van der Waals surface area contributed by atoms with Crippen LogP contribution in [0.3, 0.4) is 0 Å². The number of hydrogen-bond donors (Lipinski definition) is 2. The topological polar surface area (TPSA) is 57.8 Å². The molecule has 4 nitrogen and oxygen atoms in total. The van der Waals surface area contributed by atoms with E-state index in [1.54, 1.807) is 11.3 Å². The maximum atomic E-state index is 12.7. The van der Waals surface area contributed by atoms with E-state index < -0.39 is 0 Å². The van der Waals surface area contributed by atoms with Gasteiger partial charge in [-0.2, -0.15) is 0 Å². The summed E-state index contributed by atoms with van der Waals surface area (Å²) >= 11 is 9.10. The molecule has 7 heteroatoms. The summed E-state index contributed by atoms with van der Waals surface area (Å²) in [6.45, 7) is 4.08. The van der Waals surface area contributed by atoms with E-state index in [1.165, 1.54) is 11.3 Å². The van der Waals surface area contributed by atoms with E-state index in [4.69, 9.17) is 16.6 Å². The number of benzene rings is 1. The van der Waals surface area contributed by atoms with Crippen molar-refractivity contribution < 1.29 is 0 Å². The minimum Gasteiger partial charge on any atom is -0.309 e. The van der Waals surface area contributed by atoms with E-state index in [-0.39, 0.29) is 17.6 Å². The molecule has 0 aliphatic heterocycles. The summed E-state index contributed by atoms with van der Waals surface area (Å²) in [6, 6.07) is 11.8. The molecule has 2 atom stereocenters. The number of hydrogen-bond acceptors (Lipinski definition) is 5. The van der Waals surface area contributed by atoms with Gasteiger partial charge in [-0.05, 0) is 43.0 Å². The monoisotopic (exact) mass is 415 g/mol. The van der Waals surface area contributed by atoms with Crippen LogP contribution in [0, 0.1) is 0 Å². The molecule has 4 rings (SSSR count). The molecule has 27 heavy (non-hydrogen) atoms. The summed E-state index contributed by atoms with van der Waals surface area (Å²) in [6.07, 6.45) is 0. The van der Waals surface area contributed by atoms with Gasteiger partial charge in [-0.15, -0.1) is 22.7 Å². The normalized spacial score (nSPS) is 13.7. The number of aromatic nitrogens is 2. The number of rotatable bonds is 5. The Labute approximate surface area is 169 Å². The predicted molar refractivity (Wildman–Crippen MR) is 115 cm³/mol. The molecule has 0 saturated heterocycles. The lowest BCUT2D eigenvalue weighted by Crippen LogP contribution is -2.26. The fourth-order valence-corrected chi connectivity index (χ4v) is 4.98. The number of nitrogens with zero attached hydrogens (tertiary/aromatic N) is 1. The van der Waals surface area contributed by atoms with Gasteiger partial charge < -0.3 is 10.3 Å². The minimum absolute atomic E-state index is 0.0903. The molecule has 1 aromatic carbocycles. The van der Waals surface area contributed by atoms with Crippen molar-refractivity contribution in [2.45, 2.75) is 25.9 Å². The van der Waals surface area contributed by atoms with Gasteiger partial charge in [0.15, 0.2) is 0 Å². The second-order valence-electron chi connectivity index (χ2n) is 6.42. The SMILES string of the molecule is C[C@H](N[C@H](C)c1nc2scc(-c3cccs3)c2c(=O)[nH]1)c1ccc(Cl)cc1. The fourth-order valence-electron chi connectivity index (χ4n) is 3.09. The Bertz CT molecular complexity index is 1120. The second kappa shape index (κ2) is 7.56. The van der Waals surface area contributed by atoms with E-state index in [2.05, 4.69) is 17.2 Å². The van der Waals surface area contributed by atoms with E-state index in [1.807, 2.05) is 54.1 Å². The van der Waals surface area contributed by atoms with Crippen LogP contribution in [0.2, 0.25) is 5.02 Å². The van der Waals surface area contributed by atoms with Gasteiger partial charge in [-0.25, -0.2) is 4.98 Å². The van der Waals surface area contributed by atoms with Crippen molar-refractivity contribution in [3.8, 4) is 10.4 Å². The Morgan fingerprint density at radius 3 is 2.59 bits per heavy atom. The highest BCUT2D eigenvalue weighted by Crippen LogP contribution is 2.33. The van der Waals surface area contributed by atoms with Crippen LogP contribution in [0.15, 0.2) is 52.0 Å². The summed E-state index contributed by atoms with van der Waals surface area (Å²) < 4.78 is 0. The third-order valence-corrected chi connectivity index (χ3v) is 6.56. The van der Waals surface area contributed by atoms with Crippen LogP contribution in [-0.4, -0.2) is 9.97 Å². The van der Waals surface area contributed by atoms with Gasteiger partial charge in [0.1, 0.15) is 10.7 Å². The zero-order chi connectivity index (χ0) is 19.0. The smallest absolute Gasteiger partial charge is 0.260 e. The Kier molecular flexibility index (Phi) is 5.14. The highest BCUT2D eigenvalue weighted by molar-refractivity contribution is 7.18. The first-order valence-corrected chi connectivity index (χ1v) is 10.7. The Morgan fingerprint density at radius 1 is 1.11 bits per heavy atom. The van der Waals surface area contributed by atoms with Crippen LogP contribution in [0.25, 0.3) is 20.7 Å². The number of H-pyrrole nitrogens is 1. The van der Waals surface area contributed by atoms with Crippen LogP contribution in [0.1, 0.15) is 37.3 Å². The molecule has 3 heterocycles. The van der Waals surface area contributed by atoms with Crippen molar-refractivity contribution in [2.24, 2.45) is 0 Å². The predicted octanol–water partition coefficient (Wildman–Crippen LogP) is 5.78. The van der Waals surface area contributed by atoms with Gasteiger partial charge in [0.2, 0.25) is 0 Å². The zero-order valence-electron chi connectivity index (χ0n) is 14.8. The van der Waals surface area contributed by atoms with Gasteiger partial charge in [0, 0.05) is 26.9 Å². The largest absolute Gasteiger partial charge is 0.309 e. The van der Waals surface area contributed by atoms with Gasteiger partial charge in [-0.1, -0.05) is 29.8 Å². The van der Waals surface area contributed by atoms with Gasteiger partial charge in [0.05, 0.1) is 11.4 Å². The lowest BCUT2D eigenvalue weighted by Gasteiger charge is -2.20. The third-order valence-electron chi connectivity index (χ3n) is 4.53. The molecule has 4 aromatic rings. The van der Waals surface area contributed by atoms with Gasteiger partial charge in [-0.3, -0.25) is 4.79 Å². The fraction of sp³-hybridized carbons (Fsp3) is 0.200. The molecule has 0 amide bonds. The Balaban J connectivity index is 1.62. The summed E-state index contributed by atoms with van der Waals surface area (Å²) in [4.78, 5) is 22.3. The molecule has 0 fully saturated rings. The third kappa shape index (κ3) is 3.71. The average molecular weight is 416 g/mol. The minimum atomic E-state index is -0.0972. The molecule has 138 valence electrons. The number of thiophene rings is 2. The van der Waals surface area contributed by atoms with Crippen molar-refractivity contribution in [1.29, 1.82) is 0 Å². The molecular weight excluding hydrogens is 398 g/mol. The molecule has 3 aromatic heterocycles. The van der Waals surface area contributed by atoms with Crippen molar-refractivity contribution in [3.05, 3.63) is 73.9 Å². The molecular formula is C20H18ClN3OS2. The lowest BCUT2D eigenvalue weighted by molar-refractivity contribution is 0.477. The Hall–Kier alpha value is -1.99. The molecule has 0 saturated carbocycles. The first-order chi connectivity index (χ1) is 13.0. The summed E-state index contributed by atoms with van der Waals surface area (Å²) in [5.74, 6) is 0.646. The van der Waals surface area contributed by atoms with Crippen molar-refractivity contribution >= 4 is 44.5 Å². The molecule has 0 aliphatic carbocycles. The van der Waals surface area contributed by atoms with Gasteiger partial charge >= 0.3 is 0 Å². The Morgan fingerprint density at radius 2 is 1.89 bits per heavy atom. The second-order valence-corrected chi connectivity index (χ2v) is 8.66. The highest BCUT2D eigenvalue weighted by Gasteiger charge is 2.18. The number of aromatic amines is 1. The van der Waals surface area contributed by atoms with E-state index in [0.29, 0.717) is 11.2 Å². The molecule has 0 aliphatic rings.